The van der Waals surface area contributed by atoms with Crippen LogP contribution in [0.15, 0.2) is 103 Å². The predicted molar refractivity (Wildman–Crippen MR) is 122 cm³/mol. The number of rotatable bonds is 5. The van der Waals surface area contributed by atoms with E-state index in [0.29, 0.717) is 17.0 Å². The lowest BCUT2D eigenvalue weighted by Crippen LogP contribution is -2.11. The Labute approximate surface area is 179 Å². The van der Waals surface area contributed by atoms with Crippen LogP contribution in [0.3, 0.4) is 0 Å². The summed E-state index contributed by atoms with van der Waals surface area (Å²) < 4.78 is 5.82. The van der Waals surface area contributed by atoms with Crippen molar-refractivity contribution in [2.24, 2.45) is 0 Å². The lowest BCUT2D eigenvalue weighted by atomic mass is 10.1. The van der Waals surface area contributed by atoms with Crippen LogP contribution in [0.4, 0.5) is 5.69 Å². The molecule has 0 spiro atoms. The van der Waals surface area contributed by atoms with E-state index in [2.05, 4.69) is 15.3 Å². The Balaban J connectivity index is 1.30. The Hall–Kier alpha value is -4.38. The Morgan fingerprint density at radius 1 is 0.774 bits per heavy atom. The second-order valence-electron chi connectivity index (χ2n) is 7.08. The predicted octanol–water partition coefficient (Wildman–Crippen LogP) is 6.27. The van der Waals surface area contributed by atoms with Gasteiger partial charge in [0.25, 0.3) is 5.91 Å². The fourth-order valence-corrected chi connectivity index (χ4v) is 3.33. The number of carbonyl (C=O) groups is 1. The standard InChI is InChI=1S/C26H19N3O2/c30-26(19-7-6-10-22(17-19)31-21-8-2-1-3-9-21)27-20-15-13-18(14-16-20)25-28-23-11-4-5-12-24(23)29-25/h1-17H,(H,27,30)(H,28,29). The van der Waals surface area contributed by atoms with Crippen LogP contribution in [0.25, 0.3) is 22.4 Å². The lowest BCUT2D eigenvalue weighted by Gasteiger charge is -2.09. The first-order valence-electron chi connectivity index (χ1n) is 9.94. The molecule has 2 N–H and O–H groups in total. The number of aromatic nitrogens is 2. The monoisotopic (exact) mass is 405 g/mol. The number of aromatic amines is 1. The molecule has 1 aromatic heterocycles. The highest BCUT2D eigenvalue weighted by atomic mass is 16.5. The summed E-state index contributed by atoms with van der Waals surface area (Å²) in [6, 6.07) is 32.1. The third-order valence-electron chi connectivity index (χ3n) is 4.88. The van der Waals surface area contributed by atoms with E-state index in [-0.39, 0.29) is 5.91 Å². The highest BCUT2D eigenvalue weighted by molar-refractivity contribution is 6.04. The van der Waals surface area contributed by atoms with Crippen molar-refractivity contribution in [3.05, 3.63) is 109 Å². The summed E-state index contributed by atoms with van der Waals surface area (Å²) in [5.74, 6) is 1.93. The molecule has 0 fully saturated rings. The number of H-pyrrole nitrogens is 1. The van der Waals surface area contributed by atoms with Gasteiger partial charge in [0, 0.05) is 16.8 Å². The van der Waals surface area contributed by atoms with Crippen molar-refractivity contribution in [3.8, 4) is 22.9 Å². The fourth-order valence-electron chi connectivity index (χ4n) is 3.33. The fraction of sp³-hybridized carbons (Fsp3) is 0. The number of fused-ring (bicyclic) bond motifs is 1. The summed E-state index contributed by atoms with van der Waals surface area (Å²) in [7, 11) is 0. The van der Waals surface area contributed by atoms with Crippen LogP contribution in [0, 0.1) is 0 Å². The molecule has 0 unspecified atom stereocenters. The number of benzene rings is 4. The van der Waals surface area contributed by atoms with Gasteiger partial charge < -0.3 is 15.0 Å². The first-order chi connectivity index (χ1) is 15.2. The molecule has 5 rings (SSSR count). The molecular formula is C26H19N3O2. The van der Waals surface area contributed by atoms with Crippen molar-refractivity contribution < 1.29 is 9.53 Å². The number of ether oxygens (including phenoxy) is 1. The van der Waals surface area contributed by atoms with E-state index in [0.717, 1.165) is 28.2 Å². The minimum Gasteiger partial charge on any atom is -0.457 e. The van der Waals surface area contributed by atoms with Crippen molar-refractivity contribution in [1.82, 2.24) is 9.97 Å². The number of nitrogens with zero attached hydrogens (tertiary/aromatic N) is 1. The van der Waals surface area contributed by atoms with Gasteiger partial charge in [-0.2, -0.15) is 0 Å². The first kappa shape index (κ1) is 18.6. The third kappa shape index (κ3) is 4.16. The van der Waals surface area contributed by atoms with E-state index in [9.17, 15) is 4.79 Å². The molecule has 5 heteroatoms. The summed E-state index contributed by atoms with van der Waals surface area (Å²) >= 11 is 0. The summed E-state index contributed by atoms with van der Waals surface area (Å²) in [6.07, 6.45) is 0. The highest BCUT2D eigenvalue weighted by Gasteiger charge is 2.09. The molecule has 0 aliphatic rings. The van der Waals surface area contributed by atoms with Gasteiger partial charge in [-0.1, -0.05) is 36.4 Å². The van der Waals surface area contributed by atoms with Crippen molar-refractivity contribution >= 4 is 22.6 Å². The average Bonchev–Trinajstić information content (AvgIpc) is 3.25. The Bertz CT molecular complexity index is 1310. The molecule has 31 heavy (non-hydrogen) atoms. The SMILES string of the molecule is O=C(Nc1ccc(-c2nc3ccccc3[nH]2)cc1)c1cccc(Oc2ccccc2)c1. The maximum absolute atomic E-state index is 12.7. The number of hydrogen-bond acceptors (Lipinski definition) is 3. The van der Waals surface area contributed by atoms with Gasteiger partial charge in [-0.25, -0.2) is 4.98 Å². The van der Waals surface area contributed by atoms with Gasteiger partial charge >= 0.3 is 0 Å². The lowest BCUT2D eigenvalue weighted by molar-refractivity contribution is 0.102. The molecule has 0 saturated heterocycles. The molecule has 0 radical (unpaired) electrons. The molecule has 4 aromatic carbocycles. The van der Waals surface area contributed by atoms with Crippen molar-refractivity contribution in [3.63, 3.8) is 0 Å². The summed E-state index contributed by atoms with van der Waals surface area (Å²) in [6.45, 7) is 0. The zero-order valence-electron chi connectivity index (χ0n) is 16.6. The highest BCUT2D eigenvalue weighted by Crippen LogP contribution is 2.24. The van der Waals surface area contributed by atoms with Gasteiger partial charge in [-0.15, -0.1) is 0 Å². The van der Waals surface area contributed by atoms with Crippen LogP contribution in [-0.4, -0.2) is 15.9 Å². The second-order valence-corrected chi connectivity index (χ2v) is 7.08. The van der Waals surface area contributed by atoms with Gasteiger partial charge in [0.1, 0.15) is 17.3 Å². The molecule has 0 aliphatic carbocycles. The van der Waals surface area contributed by atoms with E-state index < -0.39 is 0 Å². The number of para-hydroxylation sites is 3. The van der Waals surface area contributed by atoms with Crippen molar-refractivity contribution in [2.45, 2.75) is 0 Å². The van der Waals surface area contributed by atoms with Gasteiger partial charge in [0.2, 0.25) is 0 Å². The van der Waals surface area contributed by atoms with E-state index in [1.807, 2.05) is 84.9 Å². The number of carbonyl (C=O) groups excluding carboxylic acids is 1. The second kappa shape index (κ2) is 8.16. The summed E-state index contributed by atoms with van der Waals surface area (Å²) in [4.78, 5) is 20.6. The number of amides is 1. The number of hydrogen-bond donors (Lipinski definition) is 2. The molecule has 0 atom stereocenters. The first-order valence-corrected chi connectivity index (χ1v) is 9.94. The summed E-state index contributed by atoms with van der Waals surface area (Å²) in [5.41, 5.74) is 4.10. The topological polar surface area (TPSA) is 67.0 Å². The van der Waals surface area contributed by atoms with Gasteiger partial charge in [0.05, 0.1) is 11.0 Å². The van der Waals surface area contributed by atoms with Crippen LogP contribution >= 0.6 is 0 Å². The molecule has 0 saturated carbocycles. The molecule has 5 nitrogen and oxygen atoms in total. The third-order valence-corrected chi connectivity index (χ3v) is 4.88. The quantitative estimate of drug-likeness (QED) is 0.362. The maximum Gasteiger partial charge on any atom is 0.255 e. The van der Waals surface area contributed by atoms with E-state index in [1.54, 1.807) is 18.2 Å². The zero-order chi connectivity index (χ0) is 21.0. The van der Waals surface area contributed by atoms with Gasteiger partial charge in [-0.3, -0.25) is 4.79 Å². The Kier molecular flexibility index (Phi) is 4.91. The minimum absolute atomic E-state index is 0.199. The van der Waals surface area contributed by atoms with Crippen LogP contribution in [0.5, 0.6) is 11.5 Å². The van der Waals surface area contributed by atoms with Crippen LogP contribution in [0.2, 0.25) is 0 Å². The zero-order valence-corrected chi connectivity index (χ0v) is 16.6. The molecule has 0 bridgehead atoms. The van der Waals surface area contributed by atoms with Crippen molar-refractivity contribution in [2.75, 3.05) is 5.32 Å². The van der Waals surface area contributed by atoms with Gasteiger partial charge in [-0.05, 0) is 66.7 Å². The number of anilines is 1. The Morgan fingerprint density at radius 2 is 1.52 bits per heavy atom. The van der Waals surface area contributed by atoms with Crippen LogP contribution in [0.1, 0.15) is 10.4 Å². The molecule has 0 aliphatic heterocycles. The van der Waals surface area contributed by atoms with Crippen LogP contribution in [-0.2, 0) is 0 Å². The largest absolute Gasteiger partial charge is 0.457 e. The van der Waals surface area contributed by atoms with E-state index >= 15 is 0 Å². The number of imidazole rings is 1. The average molecular weight is 405 g/mol. The molecule has 150 valence electrons. The Morgan fingerprint density at radius 3 is 2.32 bits per heavy atom. The normalized spacial score (nSPS) is 10.7. The molecule has 1 heterocycles. The summed E-state index contributed by atoms with van der Waals surface area (Å²) in [5, 5.41) is 2.93. The van der Waals surface area contributed by atoms with E-state index in [4.69, 9.17) is 4.74 Å². The molecule has 1 amide bonds. The van der Waals surface area contributed by atoms with Gasteiger partial charge in [0.15, 0.2) is 0 Å². The van der Waals surface area contributed by atoms with Crippen LogP contribution < -0.4 is 10.1 Å². The minimum atomic E-state index is -0.199. The smallest absolute Gasteiger partial charge is 0.255 e. The maximum atomic E-state index is 12.7. The van der Waals surface area contributed by atoms with E-state index in [1.165, 1.54) is 0 Å². The van der Waals surface area contributed by atoms with Crippen molar-refractivity contribution in [1.29, 1.82) is 0 Å². The number of nitrogens with one attached hydrogen (secondary N) is 2. The molecular weight excluding hydrogens is 386 g/mol. The molecule has 5 aromatic rings.